The second kappa shape index (κ2) is 5.61. The van der Waals surface area contributed by atoms with Gasteiger partial charge >= 0.3 is 0 Å². The first-order chi connectivity index (χ1) is 8.61. The summed E-state index contributed by atoms with van der Waals surface area (Å²) >= 11 is 0. The molecule has 0 bridgehead atoms. The van der Waals surface area contributed by atoms with Crippen molar-refractivity contribution in [2.75, 3.05) is 12.3 Å². The van der Waals surface area contributed by atoms with Crippen LogP contribution in [-0.4, -0.2) is 33.4 Å². The second-order valence-corrected chi connectivity index (χ2v) is 5.81. The molecule has 2 rings (SSSR count). The molecule has 1 amide bonds. The van der Waals surface area contributed by atoms with E-state index in [0.717, 1.165) is 12.8 Å². The Bertz CT molecular complexity index is 474. The highest BCUT2D eigenvalue weighted by Crippen LogP contribution is 2.26. The number of rotatable bonds is 5. The Morgan fingerprint density at radius 1 is 1.50 bits per heavy atom. The third-order valence-electron chi connectivity index (χ3n) is 2.96. The minimum atomic E-state index is -1.47. The second-order valence-electron chi connectivity index (χ2n) is 4.36. The van der Waals surface area contributed by atoms with Gasteiger partial charge in [0.15, 0.2) is 0 Å². The van der Waals surface area contributed by atoms with Gasteiger partial charge in [0.2, 0.25) is 5.91 Å². The predicted molar refractivity (Wildman–Crippen MR) is 68.1 cm³/mol. The summed E-state index contributed by atoms with van der Waals surface area (Å²) in [6.07, 6.45) is 2.07. The molecule has 3 nitrogen and oxygen atoms in total. The van der Waals surface area contributed by atoms with E-state index in [2.05, 4.69) is 0 Å². The number of nitrogens with zero attached hydrogens (tertiary/aromatic N) is 1. The lowest BCUT2D eigenvalue weighted by Gasteiger charge is -2.19. The van der Waals surface area contributed by atoms with Gasteiger partial charge in [-0.3, -0.25) is 9.00 Å². The first-order valence-corrected chi connectivity index (χ1v) is 7.37. The van der Waals surface area contributed by atoms with Gasteiger partial charge in [0.05, 0.1) is 10.8 Å². The quantitative estimate of drug-likeness (QED) is 0.819. The molecule has 1 unspecified atom stereocenters. The van der Waals surface area contributed by atoms with E-state index in [1.165, 1.54) is 18.2 Å². The van der Waals surface area contributed by atoms with E-state index in [0.29, 0.717) is 17.5 Å². The van der Waals surface area contributed by atoms with E-state index in [4.69, 9.17) is 0 Å². The molecule has 98 valence electrons. The maximum atomic E-state index is 13.0. The van der Waals surface area contributed by atoms with Crippen LogP contribution in [0.1, 0.15) is 19.8 Å². The summed E-state index contributed by atoms with van der Waals surface area (Å²) in [4.78, 5) is 14.1. The number of amides is 1. The third kappa shape index (κ3) is 3.16. The molecule has 0 aromatic heterocycles. The van der Waals surface area contributed by atoms with Gasteiger partial charge in [-0.2, -0.15) is 0 Å². The summed E-state index contributed by atoms with van der Waals surface area (Å²) in [7, 11) is -1.47. The van der Waals surface area contributed by atoms with E-state index in [1.807, 2.05) is 6.92 Å². The van der Waals surface area contributed by atoms with E-state index in [9.17, 15) is 13.4 Å². The molecule has 0 N–H and O–H groups in total. The normalized spacial score (nSPS) is 16.3. The number of benzene rings is 1. The molecular formula is C13H16FNO2S. The van der Waals surface area contributed by atoms with Gasteiger partial charge in [-0.05, 0) is 38.0 Å². The van der Waals surface area contributed by atoms with Crippen LogP contribution >= 0.6 is 0 Å². The lowest BCUT2D eigenvalue weighted by Crippen LogP contribution is -2.36. The van der Waals surface area contributed by atoms with Crippen molar-refractivity contribution in [3.63, 3.8) is 0 Å². The maximum Gasteiger partial charge on any atom is 0.235 e. The average Bonchev–Trinajstić information content (AvgIpc) is 3.14. The van der Waals surface area contributed by atoms with Gasteiger partial charge in [0, 0.05) is 17.5 Å². The number of hydrogen-bond donors (Lipinski definition) is 0. The smallest absolute Gasteiger partial charge is 0.235 e. The van der Waals surface area contributed by atoms with Crippen molar-refractivity contribution in [1.82, 2.24) is 4.90 Å². The SMILES string of the molecule is CCN(C(=O)CS(=O)c1cccc(F)c1)C1CC1. The summed E-state index contributed by atoms with van der Waals surface area (Å²) < 4.78 is 25.0. The highest BCUT2D eigenvalue weighted by molar-refractivity contribution is 7.85. The van der Waals surface area contributed by atoms with Gasteiger partial charge in [-0.25, -0.2) is 4.39 Å². The zero-order valence-corrected chi connectivity index (χ0v) is 11.1. The van der Waals surface area contributed by atoms with E-state index < -0.39 is 16.6 Å². The van der Waals surface area contributed by atoms with Crippen molar-refractivity contribution >= 4 is 16.7 Å². The fraction of sp³-hybridized carbons (Fsp3) is 0.462. The summed E-state index contributed by atoms with van der Waals surface area (Å²) in [5.74, 6) is -0.598. The van der Waals surface area contributed by atoms with Crippen LogP contribution in [0, 0.1) is 5.82 Å². The molecule has 0 radical (unpaired) electrons. The Kier molecular flexibility index (Phi) is 4.11. The molecule has 1 aliphatic rings. The molecular weight excluding hydrogens is 253 g/mol. The van der Waals surface area contributed by atoms with Crippen LogP contribution in [0.2, 0.25) is 0 Å². The molecule has 0 heterocycles. The maximum absolute atomic E-state index is 13.0. The van der Waals surface area contributed by atoms with Gasteiger partial charge in [-0.1, -0.05) is 6.07 Å². The minimum Gasteiger partial charge on any atom is -0.339 e. The first-order valence-electron chi connectivity index (χ1n) is 6.05. The third-order valence-corrected chi connectivity index (χ3v) is 4.25. The summed E-state index contributed by atoms with van der Waals surface area (Å²) in [5, 5.41) is 0. The van der Waals surface area contributed by atoms with Crippen LogP contribution in [0.15, 0.2) is 29.2 Å². The lowest BCUT2D eigenvalue weighted by atomic mass is 10.4. The van der Waals surface area contributed by atoms with Crippen molar-refractivity contribution in [3.8, 4) is 0 Å². The molecule has 5 heteroatoms. The Hall–Kier alpha value is -1.23. The van der Waals surface area contributed by atoms with Crippen LogP contribution < -0.4 is 0 Å². The summed E-state index contributed by atoms with van der Waals surface area (Å²) in [6, 6.07) is 5.93. The number of carbonyl (C=O) groups is 1. The molecule has 1 fully saturated rings. The van der Waals surface area contributed by atoms with Crippen molar-refractivity contribution in [1.29, 1.82) is 0 Å². The van der Waals surface area contributed by atoms with Crippen LogP contribution in [0.5, 0.6) is 0 Å². The Balaban J connectivity index is 2.00. The summed E-state index contributed by atoms with van der Waals surface area (Å²) in [6.45, 7) is 2.56. The highest BCUT2D eigenvalue weighted by atomic mass is 32.2. The molecule has 0 spiro atoms. The Morgan fingerprint density at radius 3 is 2.78 bits per heavy atom. The van der Waals surface area contributed by atoms with Crippen molar-refractivity contribution in [2.45, 2.75) is 30.7 Å². The van der Waals surface area contributed by atoms with E-state index in [1.54, 1.807) is 11.0 Å². The Labute approximate surface area is 108 Å². The van der Waals surface area contributed by atoms with Crippen LogP contribution in [0.3, 0.4) is 0 Å². The molecule has 1 saturated carbocycles. The number of hydrogen-bond acceptors (Lipinski definition) is 2. The van der Waals surface area contributed by atoms with Gasteiger partial charge in [0.1, 0.15) is 11.6 Å². The largest absolute Gasteiger partial charge is 0.339 e. The number of halogens is 1. The molecule has 1 aromatic carbocycles. The molecule has 1 aliphatic carbocycles. The first kappa shape index (κ1) is 13.2. The van der Waals surface area contributed by atoms with Gasteiger partial charge in [-0.15, -0.1) is 0 Å². The van der Waals surface area contributed by atoms with Gasteiger partial charge < -0.3 is 4.90 Å². The van der Waals surface area contributed by atoms with Crippen LogP contribution in [0.4, 0.5) is 4.39 Å². The highest BCUT2D eigenvalue weighted by Gasteiger charge is 2.31. The van der Waals surface area contributed by atoms with Crippen LogP contribution in [0.25, 0.3) is 0 Å². The van der Waals surface area contributed by atoms with Gasteiger partial charge in [0.25, 0.3) is 0 Å². The predicted octanol–water partition coefficient (Wildman–Crippen LogP) is 1.94. The lowest BCUT2D eigenvalue weighted by molar-refractivity contribution is -0.128. The van der Waals surface area contributed by atoms with E-state index in [-0.39, 0.29) is 11.7 Å². The molecule has 0 aliphatic heterocycles. The molecule has 18 heavy (non-hydrogen) atoms. The average molecular weight is 269 g/mol. The zero-order valence-electron chi connectivity index (χ0n) is 10.3. The number of carbonyl (C=O) groups excluding carboxylic acids is 1. The summed E-state index contributed by atoms with van der Waals surface area (Å²) in [5.41, 5.74) is 0. The standard InChI is InChI=1S/C13H16FNO2S/c1-2-15(11-6-7-11)13(16)9-18(17)12-5-3-4-10(14)8-12/h3-5,8,11H,2,6-7,9H2,1H3. The molecule has 0 saturated heterocycles. The van der Waals surface area contributed by atoms with Crippen molar-refractivity contribution in [3.05, 3.63) is 30.1 Å². The Morgan fingerprint density at radius 2 is 2.22 bits per heavy atom. The van der Waals surface area contributed by atoms with Crippen molar-refractivity contribution in [2.24, 2.45) is 0 Å². The van der Waals surface area contributed by atoms with Crippen LogP contribution in [-0.2, 0) is 15.6 Å². The fourth-order valence-electron chi connectivity index (χ4n) is 1.91. The topological polar surface area (TPSA) is 37.4 Å². The fourth-order valence-corrected chi connectivity index (χ4v) is 2.94. The molecule has 1 atom stereocenters. The minimum absolute atomic E-state index is 0.0617. The monoisotopic (exact) mass is 269 g/mol. The zero-order chi connectivity index (χ0) is 13.1. The van der Waals surface area contributed by atoms with Crippen molar-refractivity contribution < 1.29 is 13.4 Å². The molecule has 1 aromatic rings. The van der Waals surface area contributed by atoms with E-state index >= 15 is 0 Å².